The van der Waals surface area contributed by atoms with Gasteiger partial charge in [-0.3, -0.25) is 5.10 Å². The minimum atomic E-state index is -0.160. The summed E-state index contributed by atoms with van der Waals surface area (Å²) in [5.41, 5.74) is 13.4. The van der Waals surface area contributed by atoms with Crippen molar-refractivity contribution in [3.05, 3.63) is 90.6 Å². The fourth-order valence-electron chi connectivity index (χ4n) is 4.51. The molecule has 0 radical (unpaired) electrons. The number of nitrogens with two attached hydrogens (primary N) is 1. The summed E-state index contributed by atoms with van der Waals surface area (Å²) < 4.78 is 11.8. The Labute approximate surface area is 201 Å². The summed E-state index contributed by atoms with van der Waals surface area (Å²) in [5.74, 6) is 1.36. The van der Waals surface area contributed by atoms with Crippen LogP contribution in [0.15, 0.2) is 83.7 Å². The van der Waals surface area contributed by atoms with Gasteiger partial charge < -0.3 is 19.9 Å². The van der Waals surface area contributed by atoms with Crippen molar-refractivity contribution in [1.29, 1.82) is 0 Å². The number of nitrogens with zero attached hydrogens (tertiary/aromatic N) is 2. The Morgan fingerprint density at radius 2 is 1.94 bits per heavy atom. The quantitative estimate of drug-likeness (QED) is 0.285. The minimum absolute atomic E-state index is 0.160. The third kappa shape index (κ3) is 4.06. The summed E-state index contributed by atoms with van der Waals surface area (Å²) in [6.45, 7) is 2.36. The Morgan fingerprint density at radius 1 is 1.03 bits per heavy atom. The van der Waals surface area contributed by atoms with E-state index in [1.807, 2.05) is 49.5 Å². The molecule has 174 valence electrons. The summed E-state index contributed by atoms with van der Waals surface area (Å²) in [5, 5.41) is 9.64. The first-order valence-corrected chi connectivity index (χ1v) is 11.6. The molecule has 6 aromatic rings. The monoisotopic (exact) mass is 463 g/mol. The van der Waals surface area contributed by atoms with Gasteiger partial charge in [0, 0.05) is 34.1 Å². The van der Waals surface area contributed by atoms with Gasteiger partial charge in [0.2, 0.25) is 0 Å². The molecule has 0 bridgehead atoms. The van der Waals surface area contributed by atoms with E-state index in [9.17, 15) is 0 Å². The lowest BCUT2D eigenvalue weighted by molar-refractivity contribution is 0.287. The number of benzene rings is 2. The molecule has 7 heteroatoms. The maximum absolute atomic E-state index is 6.44. The molecule has 4 N–H and O–H groups in total. The van der Waals surface area contributed by atoms with Gasteiger partial charge in [0.1, 0.15) is 18.1 Å². The zero-order valence-electron chi connectivity index (χ0n) is 19.3. The average molecular weight is 464 g/mol. The summed E-state index contributed by atoms with van der Waals surface area (Å²) in [4.78, 5) is 8.00. The molecule has 0 amide bonds. The summed E-state index contributed by atoms with van der Waals surface area (Å²) in [6.07, 6.45) is 6.11. The van der Waals surface area contributed by atoms with Crippen LogP contribution in [0.5, 0.6) is 5.75 Å². The van der Waals surface area contributed by atoms with E-state index in [1.54, 1.807) is 12.5 Å². The third-order valence-corrected chi connectivity index (χ3v) is 6.30. The molecule has 6 rings (SSSR count). The highest BCUT2D eigenvalue weighted by atomic mass is 16.5. The van der Waals surface area contributed by atoms with Crippen molar-refractivity contribution in [1.82, 2.24) is 20.2 Å². The predicted molar refractivity (Wildman–Crippen MR) is 137 cm³/mol. The molecule has 0 aliphatic rings. The Kier molecular flexibility index (Phi) is 5.31. The van der Waals surface area contributed by atoms with E-state index in [-0.39, 0.29) is 6.04 Å². The first-order valence-electron chi connectivity index (χ1n) is 11.6. The molecule has 4 aromatic heterocycles. The van der Waals surface area contributed by atoms with Crippen LogP contribution in [0.2, 0.25) is 0 Å². The fourth-order valence-corrected chi connectivity index (χ4v) is 4.51. The van der Waals surface area contributed by atoms with E-state index in [0.29, 0.717) is 24.5 Å². The van der Waals surface area contributed by atoms with Gasteiger partial charge in [-0.15, -0.1) is 0 Å². The molecule has 4 heterocycles. The molecule has 0 saturated heterocycles. The van der Waals surface area contributed by atoms with Crippen LogP contribution in [0.25, 0.3) is 44.4 Å². The molecular weight excluding hydrogens is 438 g/mol. The van der Waals surface area contributed by atoms with Crippen molar-refractivity contribution in [3.8, 4) is 28.3 Å². The van der Waals surface area contributed by atoms with Gasteiger partial charge in [-0.2, -0.15) is 5.10 Å². The molecule has 0 aliphatic carbocycles. The van der Waals surface area contributed by atoms with Crippen LogP contribution in [-0.2, 0) is 6.42 Å². The van der Waals surface area contributed by atoms with Crippen molar-refractivity contribution in [3.63, 3.8) is 0 Å². The minimum Gasteiger partial charge on any atom is -0.490 e. The molecule has 1 atom stereocenters. The first-order chi connectivity index (χ1) is 17.2. The zero-order valence-corrected chi connectivity index (χ0v) is 19.3. The van der Waals surface area contributed by atoms with Gasteiger partial charge in [-0.1, -0.05) is 24.3 Å². The van der Waals surface area contributed by atoms with E-state index in [4.69, 9.17) is 19.9 Å². The number of rotatable bonds is 7. The predicted octanol–water partition coefficient (Wildman–Crippen LogP) is 5.62. The number of pyridine rings is 1. The second-order valence-corrected chi connectivity index (χ2v) is 8.75. The summed E-state index contributed by atoms with van der Waals surface area (Å²) in [6, 6.07) is 20.0. The summed E-state index contributed by atoms with van der Waals surface area (Å²) in [7, 11) is 0. The summed E-state index contributed by atoms with van der Waals surface area (Å²) >= 11 is 0. The number of ether oxygens (including phenoxy) is 1. The van der Waals surface area contributed by atoms with E-state index in [2.05, 4.69) is 39.4 Å². The molecule has 2 aromatic carbocycles. The van der Waals surface area contributed by atoms with Gasteiger partial charge in [-0.05, 0) is 60.9 Å². The van der Waals surface area contributed by atoms with Gasteiger partial charge >= 0.3 is 0 Å². The maximum atomic E-state index is 6.44. The van der Waals surface area contributed by atoms with Crippen LogP contribution in [0.1, 0.15) is 11.3 Å². The largest absolute Gasteiger partial charge is 0.490 e. The lowest BCUT2D eigenvalue weighted by Gasteiger charge is -2.15. The third-order valence-electron chi connectivity index (χ3n) is 6.30. The molecule has 1 unspecified atom stereocenters. The van der Waals surface area contributed by atoms with Crippen LogP contribution < -0.4 is 10.5 Å². The fraction of sp³-hybridized carbons (Fsp3) is 0.143. The molecule has 0 saturated carbocycles. The van der Waals surface area contributed by atoms with Crippen LogP contribution in [0.4, 0.5) is 0 Å². The van der Waals surface area contributed by atoms with Gasteiger partial charge in [0.05, 0.1) is 23.7 Å². The number of hydrogen-bond acceptors (Lipinski definition) is 5. The highest BCUT2D eigenvalue weighted by molar-refractivity contribution is 5.89. The number of H-pyrrole nitrogens is 2. The standard InChI is InChI=1S/C28H25N5O2/c1-17-23-12-18(8-9-26(23)33-32-17)24-13-21(15-31-28(24)27-7-4-10-34-27)35-16-20(29)11-19-14-30-25-6-3-2-5-22(19)25/h2-10,12-15,20,30H,11,16,29H2,1H3,(H,32,33). The molecule has 0 fully saturated rings. The van der Waals surface area contributed by atoms with Crippen LogP contribution in [0, 0.1) is 6.92 Å². The number of furan rings is 1. The SMILES string of the molecule is Cc1n[nH]c2ccc(-c3cc(OCC(N)Cc4c[nH]c5ccccc45)cnc3-c3ccco3)cc12. The van der Waals surface area contributed by atoms with E-state index < -0.39 is 0 Å². The lowest BCUT2D eigenvalue weighted by Crippen LogP contribution is -2.30. The smallest absolute Gasteiger partial charge is 0.152 e. The Bertz CT molecular complexity index is 1610. The van der Waals surface area contributed by atoms with Crippen molar-refractivity contribution in [2.75, 3.05) is 6.61 Å². The number of aryl methyl sites for hydroxylation is 1. The van der Waals surface area contributed by atoms with Crippen LogP contribution in [0.3, 0.4) is 0 Å². The first kappa shape index (κ1) is 21.2. The normalized spacial score (nSPS) is 12.4. The van der Waals surface area contributed by atoms with Crippen molar-refractivity contribution in [2.45, 2.75) is 19.4 Å². The number of aromatic nitrogens is 4. The van der Waals surface area contributed by atoms with E-state index in [1.165, 1.54) is 10.9 Å². The number of fused-ring (bicyclic) bond motifs is 2. The molecule has 0 spiro atoms. The van der Waals surface area contributed by atoms with Gasteiger partial charge in [0.25, 0.3) is 0 Å². The molecular formula is C28H25N5O2. The highest BCUT2D eigenvalue weighted by Gasteiger charge is 2.16. The number of aromatic amines is 2. The van der Waals surface area contributed by atoms with E-state index >= 15 is 0 Å². The topological polar surface area (TPSA) is 106 Å². The Balaban J connectivity index is 1.27. The number of hydrogen-bond donors (Lipinski definition) is 3. The Morgan fingerprint density at radius 3 is 2.83 bits per heavy atom. The van der Waals surface area contributed by atoms with E-state index in [0.717, 1.165) is 38.9 Å². The molecule has 0 aliphatic heterocycles. The number of nitrogens with one attached hydrogen (secondary N) is 2. The van der Waals surface area contributed by atoms with Gasteiger partial charge in [-0.25, -0.2) is 4.98 Å². The average Bonchev–Trinajstić information content (AvgIpc) is 3.64. The maximum Gasteiger partial charge on any atom is 0.152 e. The lowest BCUT2D eigenvalue weighted by atomic mass is 10.0. The number of para-hydroxylation sites is 1. The van der Waals surface area contributed by atoms with Crippen molar-refractivity contribution >= 4 is 21.8 Å². The molecule has 7 nitrogen and oxygen atoms in total. The van der Waals surface area contributed by atoms with Crippen LogP contribution >= 0.6 is 0 Å². The van der Waals surface area contributed by atoms with Crippen molar-refractivity contribution < 1.29 is 9.15 Å². The van der Waals surface area contributed by atoms with Crippen molar-refractivity contribution in [2.24, 2.45) is 5.73 Å². The zero-order chi connectivity index (χ0) is 23.8. The Hall–Kier alpha value is -4.36. The second kappa shape index (κ2) is 8.77. The molecule has 35 heavy (non-hydrogen) atoms. The van der Waals surface area contributed by atoms with Crippen LogP contribution in [-0.4, -0.2) is 32.8 Å². The highest BCUT2D eigenvalue weighted by Crippen LogP contribution is 2.35. The van der Waals surface area contributed by atoms with Gasteiger partial charge in [0.15, 0.2) is 5.76 Å². The second-order valence-electron chi connectivity index (χ2n) is 8.75.